The van der Waals surface area contributed by atoms with E-state index in [4.69, 9.17) is 5.73 Å². The zero-order valence-electron chi connectivity index (χ0n) is 12.6. The molecule has 2 heteroatoms. The van der Waals surface area contributed by atoms with E-state index in [0.29, 0.717) is 0 Å². The van der Waals surface area contributed by atoms with Crippen LogP contribution in [-0.4, -0.2) is 5.54 Å². The molecule has 1 aromatic heterocycles. The Kier molecular flexibility index (Phi) is 5.47. The summed E-state index contributed by atoms with van der Waals surface area (Å²) < 4.78 is 0. The highest BCUT2D eigenvalue weighted by Gasteiger charge is 2.29. The lowest BCUT2D eigenvalue weighted by molar-refractivity contribution is 0.357. The van der Waals surface area contributed by atoms with E-state index in [2.05, 4.69) is 26.0 Å². The van der Waals surface area contributed by atoms with Crippen LogP contribution in [-0.2, 0) is 12.8 Å². The largest absolute Gasteiger partial charge is 0.325 e. The van der Waals surface area contributed by atoms with Crippen molar-refractivity contribution in [2.75, 3.05) is 0 Å². The molecular formula is C17H29NS. The van der Waals surface area contributed by atoms with Crippen molar-refractivity contribution < 1.29 is 0 Å². The Morgan fingerprint density at radius 2 is 2.00 bits per heavy atom. The maximum absolute atomic E-state index is 6.71. The quantitative estimate of drug-likeness (QED) is 0.760. The van der Waals surface area contributed by atoms with Crippen LogP contribution in [0.15, 0.2) is 12.1 Å². The van der Waals surface area contributed by atoms with Crippen LogP contribution in [0.1, 0.15) is 68.5 Å². The van der Waals surface area contributed by atoms with Crippen LogP contribution in [0.3, 0.4) is 0 Å². The standard InChI is InChI=1S/C17H29NS/c1-3-6-14-7-5-11-17(18,12-10-14)13-16-9-8-15(4-2)19-16/h8-9,14H,3-7,10-13,18H2,1-2H3. The van der Waals surface area contributed by atoms with E-state index in [1.165, 1.54) is 54.7 Å². The van der Waals surface area contributed by atoms with Crippen LogP contribution in [0, 0.1) is 5.92 Å². The summed E-state index contributed by atoms with van der Waals surface area (Å²) >= 11 is 1.96. The van der Waals surface area contributed by atoms with Crippen LogP contribution >= 0.6 is 11.3 Å². The molecule has 1 fully saturated rings. The van der Waals surface area contributed by atoms with Crippen molar-refractivity contribution in [1.82, 2.24) is 0 Å². The van der Waals surface area contributed by atoms with Crippen LogP contribution in [0.2, 0.25) is 0 Å². The van der Waals surface area contributed by atoms with Crippen LogP contribution in [0.25, 0.3) is 0 Å². The summed E-state index contributed by atoms with van der Waals surface area (Å²) in [6, 6.07) is 4.58. The van der Waals surface area contributed by atoms with E-state index in [9.17, 15) is 0 Å². The Bertz CT molecular complexity index is 384. The second-order valence-electron chi connectivity index (χ2n) is 6.35. The van der Waals surface area contributed by atoms with Crippen molar-refractivity contribution in [3.8, 4) is 0 Å². The Hall–Kier alpha value is -0.340. The zero-order valence-corrected chi connectivity index (χ0v) is 13.4. The van der Waals surface area contributed by atoms with E-state index in [1.54, 1.807) is 0 Å². The summed E-state index contributed by atoms with van der Waals surface area (Å²) in [7, 11) is 0. The third-order valence-corrected chi connectivity index (χ3v) is 5.86. The van der Waals surface area contributed by atoms with Gasteiger partial charge in [0.25, 0.3) is 0 Å². The molecule has 2 unspecified atom stereocenters. The molecular weight excluding hydrogens is 250 g/mol. The number of aryl methyl sites for hydroxylation is 1. The molecule has 1 nitrogen and oxygen atoms in total. The van der Waals surface area contributed by atoms with Crippen molar-refractivity contribution in [3.05, 3.63) is 21.9 Å². The normalized spacial score (nSPS) is 28.3. The van der Waals surface area contributed by atoms with Crippen molar-refractivity contribution in [1.29, 1.82) is 0 Å². The van der Waals surface area contributed by atoms with Gasteiger partial charge >= 0.3 is 0 Å². The van der Waals surface area contributed by atoms with Gasteiger partial charge in [0.05, 0.1) is 0 Å². The minimum Gasteiger partial charge on any atom is -0.325 e. The summed E-state index contributed by atoms with van der Waals surface area (Å²) in [6.45, 7) is 4.54. The summed E-state index contributed by atoms with van der Waals surface area (Å²) in [5.41, 5.74) is 6.77. The highest BCUT2D eigenvalue weighted by molar-refractivity contribution is 7.12. The molecule has 2 N–H and O–H groups in total. The van der Waals surface area contributed by atoms with E-state index < -0.39 is 0 Å². The van der Waals surface area contributed by atoms with E-state index in [-0.39, 0.29) is 5.54 Å². The van der Waals surface area contributed by atoms with Gasteiger partial charge in [-0.1, -0.05) is 39.5 Å². The summed E-state index contributed by atoms with van der Waals surface area (Å²) in [4.78, 5) is 2.99. The molecule has 0 spiro atoms. The fraction of sp³-hybridized carbons (Fsp3) is 0.765. The molecule has 0 saturated heterocycles. The van der Waals surface area contributed by atoms with Gasteiger partial charge < -0.3 is 5.73 Å². The third-order valence-electron chi connectivity index (χ3n) is 4.63. The second kappa shape index (κ2) is 6.90. The SMILES string of the molecule is CCCC1CCCC(N)(Cc2ccc(CC)s2)CC1. The first-order valence-electron chi connectivity index (χ1n) is 8.01. The fourth-order valence-corrected chi connectivity index (χ4v) is 4.54. The van der Waals surface area contributed by atoms with Gasteiger partial charge in [-0.3, -0.25) is 0 Å². The summed E-state index contributed by atoms with van der Waals surface area (Å²) in [6.07, 6.45) is 11.5. The number of thiophene rings is 1. The first-order valence-corrected chi connectivity index (χ1v) is 8.83. The van der Waals surface area contributed by atoms with E-state index >= 15 is 0 Å². The average molecular weight is 279 g/mol. The summed E-state index contributed by atoms with van der Waals surface area (Å²) in [5, 5.41) is 0. The molecule has 0 bridgehead atoms. The van der Waals surface area contributed by atoms with Gasteiger partial charge in [0.2, 0.25) is 0 Å². The highest BCUT2D eigenvalue weighted by Crippen LogP contribution is 2.34. The summed E-state index contributed by atoms with van der Waals surface area (Å²) in [5.74, 6) is 0.935. The Morgan fingerprint density at radius 1 is 1.21 bits per heavy atom. The molecule has 0 amide bonds. The van der Waals surface area contributed by atoms with Crippen molar-refractivity contribution in [2.45, 2.75) is 77.2 Å². The maximum atomic E-state index is 6.71. The monoisotopic (exact) mass is 279 g/mol. The Labute approximate surface area is 122 Å². The molecule has 2 rings (SSSR count). The minimum atomic E-state index is 0.0678. The first-order chi connectivity index (χ1) is 9.15. The van der Waals surface area contributed by atoms with Gasteiger partial charge in [0.15, 0.2) is 0 Å². The lowest BCUT2D eigenvalue weighted by Crippen LogP contribution is -2.41. The van der Waals surface area contributed by atoms with Gasteiger partial charge in [-0.05, 0) is 50.2 Å². The number of nitrogens with two attached hydrogens (primary N) is 1. The molecule has 1 aliphatic rings. The van der Waals surface area contributed by atoms with Crippen molar-refractivity contribution in [3.63, 3.8) is 0 Å². The fourth-order valence-electron chi connectivity index (χ4n) is 3.43. The molecule has 1 heterocycles. The zero-order chi connectivity index (χ0) is 13.7. The average Bonchev–Trinajstić information content (AvgIpc) is 2.75. The van der Waals surface area contributed by atoms with Gasteiger partial charge in [-0.25, -0.2) is 0 Å². The van der Waals surface area contributed by atoms with Crippen LogP contribution in [0.5, 0.6) is 0 Å². The minimum absolute atomic E-state index is 0.0678. The lowest BCUT2D eigenvalue weighted by atomic mass is 9.86. The molecule has 1 aromatic rings. The predicted molar refractivity (Wildman–Crippen MR) is 85.8 cm³/mol. The van der Waals surface area contributed by atoms with Gasteiger partial charge in [-0.15, -0.1) is 11.3 Å². The van der Waals surface area contributed by atoms with Crippen molar-refractivity contribution in [2.24, 2.45) is 11.7 Å². The lowest BCUT2D eigenvalue weighted by Gasteiger charge is -2.27. The van der Waals surface area contributed by atoms with Crippen LogP contribution in [0.4, 0.5) is 0 Å². The number of hydrogen-bond donors (Lipinski definition) is 1. The number of rotatable bonds is 5. The molecule has 2 atom stereocenters. The maximum Gasteiger partial charge on any atom is 0.0203 e. The highest BCUT2D eigenvalue weighted by atomic mass is 32.1. The Morgan fingerprint density at radius 3 is 2.68 bits per heavy atom. The molecule has 1 saturated carbocycles. The predicted octanol–water partition coefficient (Wildman–Crippen LogP) is 4.93. The topological polar surface area (TPSA) is 26.0 Å². The second-order valence-corrected chi connectivity index (χ2v) is 7.60. The molecule has 19 heavy (non-hydrogen) atoms. The van der Waals surface area contributed by atoms with Gasteiger partial charge in [0, 0.05) is 15.3 Å². The molecule has 0 aromatic carbocycles. The van der Waals surface area contributed by atoms with Gasteiger partial charge in [0.1, 0.15) is 0 Å². The van der Waals surface area contributed by atoms with E-state index in [1.807, 2.05) is 11.3 Å². The molecule has 0 radical (unpaired) electrons. The van der Waals surface area contributed by atoms with Crippen molar-refractivity contribution >= 4 is 11.3 Å². The van der Waals surface area contributed by atoms with E-state index in [0.717, 1.165) is 18.8 Å². The van der Waals surface area contributed by atoms with Gasteiger partial charge in [-0.2, -0.15) is 0 Å². The molecule has 1 aliphatic carbocycles. The number of hydrogen-bond acceptors (Lipinski definition) is 2. The Balaban J connectivity index is 1.94. The first kappa shape index (κ1) is 15.1. The molecule has 108 valence electrons. The smallest absolute Gasteiger partial charge is 0.0203 e. The van der Waals surface area contributed by atoms with Crippen LogP contribution < -0.4 is 5.73 Å². The third kappa shape index (κ3) is 4.32. The molecule has 0 aliphatic heterocycles.